The topological polar surface area (TPSA) is 38.1 Å². The molecule has 1 N–H and O–H groups in total. The zero-order chi connectivity index (χ0) is 12.0. The lowest BCUT2D eigenvalue weighted by atomic mass is 9.94. The van der Waals surface area contributed by atoms with Gasteiger partial charge in [0.2, 0.25) is 0 Å². The molecule has 3 heteroatoms. The first-order valence-electron chi connectivity index (χ1n) is 6.84. The van der Waals surface area contributed by atoms with Crippen LogP contribution in [0.25, 0.3) is 0 Å². The number of hydrogen-bond acceptors (Lipinski definition) is 3. The SMILES string of the molecule is Cc1noc(C)c1C(C)NC1CC2CCC1C2. The van der Waals surface area contributed by atoms with Crippen molar-refractivity contribution in [1.29, 1.82) is 0 Å². The van der Waals surface area contributed by atoms with Gasteiger partial charge in [-0.15, -0.1) is 0 Å². The predicted molar refractivity (Wildman–Crippen MR) is 66.8 cm³/mol. The van der Waals surface area contributed by atoms with E-state index in [2.05, 4.69) is 17.4 Å². The van der Waals surface area contributed by atoms with Gasteiger partial charge in [0.25, 0.3) is 0 Å². The smallest absolute Gasteiger partial charge is 0.138 e. The number of hydrogen-bond donors (Lipinski definition) is 1. The van der Waals surface area contributed by atoms with E-state index in [1.807, 2.05) is 13.8 Å². The summed E-state index contributed by atoms with van der Waals surface area (Å²) in [6, 6.07) is 1.09. The van der Waals surface area contributed by atoms with E-state index in [1.54, 1.807) is 0 Å². The van der Waals surface area contributed by atoms with Crippen LogP contribution in [-0.2, 0) is 0 Å². The molecular weight excluding hydrogens is 212 g/mol. The van der Waals surface area contributed by atoms with E-state index < -0.39 is 0 Å². The Balaban J connectivity index is 1.69. The van der Waals surface area contributed by atoms with Crippen molar-refractivity contribution in [1.82, 2.24) is 10.5 Å². The minimum absolute atomic E-state index is 0.366. The number of aromatic nitrogens is 1. The molecule has 1 heterocycles. The zero-order valence-electron chi connectivity index (χ0n) is 11.0. The molecule has 1 aromatic heterocycles. The lowest BCUT2D eigenvalue weighted by Gasteiger charge is -2.26. The Morgan fingerprint density at radius 1 is 1.29 bits per heavy atom. The molecule has 0 aromatic carbocycles. The average Bonchev–Trinajstić information content (AvgIpc) is 2.94. The van der Waals surface area contributed by atoms with Crippen molar-refractivity contribution in [2.24, 2.45) is 11.8 Å². The van der Waals surface area contributed by atoms with E-state index in [0.29, 0.717) is 6.04 Å². The Hall–Kier alpha value is -0.830. The highest BCUT2D eigenvalue weighted by atomic mass is 16.5. The second-order valence-corrected chi connectivity index (χ2v) is 5.91. The van der Waals surface area contributed by atoms with E-state index in [4.69, 9.17) is 4.52 Å². The minimum atomic E-state index is 0.366. The average molecular weight is 234 g/mol. The number of aryl methyl sites for hydroxylation is 2. The van der Waals surface area contributed by atoms with Crippen LogP contribution in [0.2, 0.25) is 0 Å². The molecule has 3 rings (SSSR count). The van der Waals surface area contributed by atoms with Crippen molar-refractivity contribution >= 4 is 0 Å². The molecule has 1 aromatic rings. The third-order valence-electron chi connectivity index (χ3n) is 4.72. The predicted octanol–water partition coefficient (Wildman–Crippen LogP) is 3.13. The Morgan fingerprint density at radius 3 is 2.65 bits per heavy atom. The molecule has 2 aliphatic carbocycles. The van der Waals surface area contributed by atoms with Crippen LogP contribution in [0.1, 0.15) is 55.7 Å². The normalized spacial score (nSPS) is 33.2. The molecule has 2 fully saturated rings. The molecule has 0 amide bonds. The summed E-state index contributed by atoms with van der Waals surface area (Å²) in [6.45, 7) is 6.28. The molecule has 94 valence electrons. The standard InChI is InChI=1S/C14H22N2O/c1-8(14-9(2)16-17-10(14)3)15-13-7-11-4-5-12(13)6-11/h8,11-13,15H,4-7H2,1-3H3. The second kappa shape index (κ2) is 4.13. The molecule has 3 nitrogen and oxygen atoms in total. The molecule has 0 spiro atoms. The molecule has 4 unspecified atom stereocenters. The van der Waals surface area contributed by atoms with Crippen LogP contribution < -0.4 is 5.32 Å². The largest absolute Gasteiger partial charge is 0.361 e. The van der Waals surface area contributed by atoms with Gasteiger partial charge in [-0.2, -0.15) is 0 Å². The maximum Gasteiger partial charge on any atom is 0.138 e. The van der Waals surface area contributed by atoms with Gasteiger partial charge in [-0.1, -0.05) is 11.6 Å². The highest BCUT2D eigenvalue weighted by Gasteiger charge is 2.40. The third-order valence-corrected chi connectivity index (χ3v) is 4.72. The number of rotatable bonds is 3. The van der Waals surface area contributed by atoms with E-state index in [0.717, 1.165) is 29.3 Å². The Kier molecular flexibility index (Phi) is 2.74. The Morgan fingerprint density at radius 2 is 2.12 bits per heavy atom. The van der Waals surface area contributed by atoms with Crippen molar-refractivity contribution in [3.63, 3.8) is 0 Å². The first kappa shape index (κ1) is 11.3. The second-order valence-electron chi connectivity index (χ2n) is 5.91. The van der Waals surface area contributed by atoms with Crippen LogP contribution in [0.5, 0.6) is 0 Å². The molecule has 2 aliphatic rings. The molecule has 17 heavy (non-hydrogen) atoms. The van der Waals surface area contributed by atoms with Crippen molar-refractivity contribution in [2.45, 2.75) is 58.5 Å². The van der Waals surface area contributed by atoms with Crippen LogP contribution in [0.15, 0.2) is 4.52 Å². The van der Waals surface area contributed by atoms with E-state index >= 15 is 0 Å². The lowest BCUT2D eigenvalue weighted by molar-refractivity contribution is 0.324. The zero-order valence-corrected chi connectivity index (χ0v) is 11.0. The van der Waals surface area contributed by atoms with Crippen molar-refractivity contribution in [3.8, 4) is 0 Å². The summed E-state index contributed by atoms with van der Waals surface area (Å²) >= 11 is 0. The first-order chi connectivity index (χ1) is 8.15. The summed E-state index contributed by atoms with van der Waals surface area (Å²) in [4.78, 5) is 0. The summed E-state index contributed by atoms with van der Waals surface area (Å²) in [5.74, 6) is 2.88. The monoisotopic (exact) mass is 234 g/mol. The molecule has 0 aliphatic heterocycles. The molecular formula is C14H22N2O. The van der Waals surface area contributed by atoms with Gasteiger partial charge in [0, 0.05) is 17.6 Å². The summed E-state index contributed by atoms with van der Waals surface area (Å²) in [5.41, 5.74) is 2.29. The van der Waals surface area contributed by atoms with E-state index in [9.17, 15) is 0 Å². The van der Waals surface area contributed by atoms with Gasteiger partial charge in [0.05, 0.1) is 5.69 Å². The Bertz CT molecular complexity index is 393. The molecule has 4 atom stereocenters. The van der Waals surface area contributed by atoms with Gasteiger partial charge in [0.15, 0.2) is 0 Å². The fourth-order valence-electron chi connectivity index (χ4n) is 3.96. The fourth-order valence-corrected chi connectivity index (χ4v) is 3.96. The molecule has 2 bridgehead atoms. The summed E-state index contributed by atoms with van der Waals surface area (Å²) in [7, 11) is 0. The van der Waals surface area contributed by atoms with Gasteiger partial charge in [-0.05, 0) is 51.9 Å². The first-order valence-corrected chi connectivity index (χ1v) is 6.84. The highest BCUT2D eigenvalue weighted by Crippen LogP contribution is 2.45. The molecule has 0 radical (unpaired) electrons. The van der Waals surface area contributed by atoms with Gasteiger partial charge < -0.3 is 9.84 Å². The van der Waals surface area contributed by atoms with E-state index in [-0.39, 0.29) is 0 Å². The number of nitrogens with zero attached hydrogens (tertiary/aromatic N) is 1. The van der Waals surface area contributed by atoms with Gasteiger partial charge >= 0.3 is 0 Å². The third kappa shape index (κ3) is 1.90. The van der Waals surface area contributed by atoms with Gasteiger partial charge in [-0.25, -0.2) is 0 Å². The lowest BCUT2D eigenvalue weighted by Crippen LogP contribution is -2.36. The maximum atomic E-state index is 5.25. The van der Waals surface area contributed by atoms with Crippen molar-refractivity contribution < 1.29 is 4.52 Å². The summed E-state index contributed by atoms with van der Waals surface area (Å²) in [5, 5.41) is 7.84. The van der Waals surface area contributed by atoms with Crippen molar-refractivity contribution in [2.75, 3.05) is 0 Å². The maximum absolute atomic E-state index is 5.25. The van der Waals surface area contributed by atoms with Gasteiger partial charge in [0.1, 0.15) is 5.76 Å². The summed E-state index contributed by atoms with van der Waals surface area (Å²) < 4.78 is 5.25. The van der Waals surface area contributed by atoms with Crippen LogP contribution >= 0.6 is 0 Å². The summed E-state index contributed by atoms with van der Waals surface area (Å²) in [6.07, 6.45) is 5.71. The van der Waals surface area contributed by atoms with Crippen LogP contribution in [0, 0.1) is 25.7 Å². The fraction of sp³-hybridized carbons (Fsp3) is 0.786. The number of fused-ring (bicyclic) bond motifs is 2. The highest BCUT2D eigenvalue weighted by molar-refractivity contribution is 5.24. The molecule has 2 saturated carbocycles. The van der Waals surface area contributed by atoms with E-state index in [1.165, 1.54) is 31.2 Å². The van der Waals surface area contributed by atoms with Crippen LogP contribution in [-0.4, -0.2) is 11.2 Å². The van der Waals surface area contributed by atoms with Crippen LogP contribution in [0.3, 0.4) is 0 Å². The molecule has 0 saturated heterocycles. The Labute approximate surface area is 103 Å². The minimum Gasteiger partial charge on any atom is -0.361 e. The van der Waals surface area contributed by atoms with Gasteiger partial charge in [-0.3, -0.25) is 0 Å². The van der Waals surface area contributed by atoms with Crippen LogP contribution in [0.4, 0.5) is 0 Å². The number of nitrogens with one attached hydrogen (secondary N) is 1. The van der Waals surface area contributed by atoms with Crippen molar-refractivity contribution in [3.05, 3.63) is 17.0 Å². The quantitative estimate of drug-likeness (QED) is 0.873.